The zero-order chi connectivity index (χ0) is 18.4. The van der Waals surface area contributed by atoms with Gasteiger partial charge in [-0.3, -0.25) is 4.79 Å². The number of hydrogen-bond donors (Lipinski definition) is 1. The van der Waals surface area contributed by atoms with E-state index in [1.54, 1.807) is 37.8 Å². The number of amides is 1. The standard InChI is InChI=1S/C20H21N3O3/c1-25-18-10-6-9-16(19(18)26-2)20(24)22-17(13-23-12-11-21-14-23)15-7-4-3-5-8-15/h3-12,14,17H,13H2,1-2H3,(H,22,24)/t17-/m0/s1. The maximum atomic E-state index is 12.9. The molecule has 0 aliphatic carbocycles. The molecule has 0 unspecified atom stereocenters. The lowest BCUT2D eigenvalue weighted by molar-refractivity contribution is 0.0929. The SMILES string of the molecule is COc1cccc(C(=O)N[C@@H](Cn2ccnc2)c2ccccc2)c1OC. The normalized spacial score (nSPS) is 11.6. The van der Waals surface area contributed by atoms with Crippen LogP contribution in [0.25, 0.3) is 0 Å². The number of aromatic nitrogens is 2. The van der Waals surface area contributed by atoms with Crippen molar-refractivity contribution in [1.29, 1.82) is 0 Å². The molecule has 134 valence electrons. The number of nitrogens with one attached hydrogen (secondary N) is 1. The highest BCUT2D eigenvalue weighted by atomic mass is 16.5. The number of carbonyl (C=O) groups is 1. The fourth-order valence-corrected chi connectivity index (χ4v) is 2.83. The number of benzene rings is 2. The molecular formula is C20H21N3O3. The van der Waals surface area contributed by atoms with E-state index in [9.17, 15) is 4.79 Å². The number of nitrogens with zero attached hydrogens (tertiary/aromatic N) is 2. The fraction of sp³-hybridized carbons (Fsp3) is 0.200. The van der Waals surface area contributed by atoms with Gasteiger partial charge in [-0.1, -0.05) is 36.4 Å². The van der Waals surface area contributed by atoms with E-state index in [0.29, 0.717) is 23.6 Å². The maximum absolute atomic E-state index is 12.9. The van der Waals surface area contributed by atoms with Gasteiger partial charge in [-0.15, -0.1) is 0 Å². The third-order valence-corrected chi connectivity index (χ3v) is 4.11. The highest BCUT2D eigenvalue weighted by molar-refractivity contribution is 5.98. The first kappa shape index (κ1) is 17.5. The van der Waals surface area contributed by atoms with E-state index in [1.165, 1.54) is 7.11 Å². The molecule has 3 rings (SSSR count). The largest absolute Gasteiger partial charge is 0.493 e. The van der Waals surface area contributed by atoms with E-state index in [0.717, 1.165) is 5.56 Å². The van der Waals surface area contributed by atoms with Gasteiger partial charge in [0.25, 0.3) is 5.91 Å². The molecule has 2 aromatic carbocycles. The minimum Gasteiger partial charge on any atom is -0.493 e. The summed E-state index contributed by atoms with van der Waals surface area (Å²) in [5.41, 5.74) is 1.44. The Morgan fingerprint density at radius 3 is 2.58 bits per heavy atom. The van der Waals surface area contributed by atoms with Crippen molar-refractivity contribution in [3.05, 3.63) is 78.4 Å². The number of hydrogen-bond acceptors (Lipinski definition) is 4. The topological polar surface area (TPSA) is 65.4 Å². The molecule has 0 saturated carbocycles. The van der Waals surface area contributed by atoms with Crippen LogP contribution in [-0.4, -0.2) is 29.7 Å². The molecule has 1 amide bonds. The van der Waals surface area contributed by atoms with Gasteiger partial charge < -0.3 is 19.4 Å². The first-order chi connectivity index (χ1) is 12.7. The summed E-state index contributed by atoms with van der Waals surface area (Å²) in [6.07, 6.45) is 5.32. The molecule has 6 nitrogen and oxygen atoms in total. The molecule has 3 aromatic rings. The van der Waals surface area contributed by atoms with Crippen molar-refractivity contribution in [2.45, 2.75) is 12.6 Å². The van der Waals surface area contributed by atoms with Gasteiger partial charge >= 0.3 is 0 Å². The smallest absolute Gasteiger partial charge is 0.255 e. The minimum absolute atomic E-state index is 0.214. The number of imidazole rings is 1. The molecule has 0 spiro atoms. The third-order valence-electron chi connectivity index (χ3n) is 4.11. The van der Waals surface area contributed by atoms with Crippen LogP contribution < -0.4 is 14.8 Å². The predicted molar refractivity (Wildman–Crippen MR) is 98.4 cm³/mol. The molecule has 1 atom stereocenters. The highest BCUT2D eigenvalue weighted by Gasteiger charge is 2.21. The van der Waals surface area contributed by atoms with Gasteiger partial charge in [0.15, 0.2) is 11.5 Å². The van der Waals surface area contributed by atoms with Crippen LogP contribution >= 0.6 is 0 Å². The minimum atomic E-state index is -0.227. The molecular weight excluding hydrogens is 330 g/mol. The molecule has 6 heteroatoms. The number of methoxy groups -OCH3 is 2. The lowest BCUT2D eigenvalue weighted by atomic mass is 10.1. The van der Waals surface area contributed by atoms with Crippen LogP contribution in [0.4, 0.5) is 0 Å². The van der Waals surface area contributed by atoms with Gasteiger partial charge in [0, 0.05) is 18.9 Å². The van der Waals surface area contributed by atoms with Crippen LogP contribution in [-0.2, 0) is 6.54 Å². The van der Waals surface area contributed by atoms with Crippen molar-refractivity contribution in [2.24, 2.45) is 0 Å². The van der Waals surface area contributed by atoms with Crippen LogP contribution in [0, 0.1) is 0 Å². The molecule has 0 radical (unpaired) electrons. The Bertz CT molecular complexity index is 848. The summed E-state index contributed by atoms with van der Waals surface area (Å²) in [7, 11) is 3.07. The summed E-state index contributed by atoms with van der Waals surface area (Å²) in [5.74, 6) is 0.711. The lowest BCUT2D eigenvalue weighted by Crippen LogP contribution is -2.31. The van der Waals surface area contributed by atoms with Crippen molar-refractivity contribution in [3.63, 3.8) is 0 Å². The Hall–Kier alpha value is -3.28. The Balaban J connectivity index is 1.88. The van der Waals surface area contributed by atoms with Gasteiger partial charge in [0.1, 0.15) is 0 Å². The average molecular weight is 351 g/mol. The second kappa shape index (κ2) is 8.20. The van der Waals surface area contributed by atoms with Crippen LogP contribution in [0.2, 0.25) is 0 Å². The average Bonchev–Trinajstić information content (AvgIpc) is 3.20. The van der Waals surface area contributed by atoms with Gasteiger partial charge in [-0.05, 0) is 17.7 Å². The fourth-order valence-electron chi connectivity index (χ4n) is 2.83. The van der Waals surface area contributed by atoms with E-state index in [1.807, 2.05) is 41.1 Å². The summed E-state index contributed by atoms with van der Waals surface area (Å²) < 4.78 is 12.6. The van der Waals surface area contributed by atoms with Gasteiger partial charge in [-0.2, -0.15) is 0 Å². The van der Waals surface area contributed by atoms with Gasteiger partial charge in [0.05, 0.1) is 32.2 Å². The van der Waals surface area contributed by atoms with Crippen LogP contribution in [0.15, 0.2) is 67.3 Å². The van der Waals surface area contributed by atoms with Crippen LogP contribution in [0.3, 0.4) is 0 Å². The summed E-state index contributed by atoms with van der Waals surface area (Å²) in [5, 5.41) is 3.09. The Morgan fingerprint density at radius 2 is 1.92 bits per heavy atom. The third kappa shape index (κ3) is 3.85. The molecule has 0 aliphatic heterocycles. The predicted octanol–water partition coefficient (Wildman–Crippen LogP) is 3.07. The number of para-hydroxylation sites is 1. The van der Waals surface area contributed by atoms with Crippen molar-refractivity contribution >= 4 is 5.91 Å². The van der Waals surface area contributed by atoms with Gasteiger partial charge in [-0.25, -0.2) is 4.98 Å². The molecule has 0 bridgehead atoms. The number of carbonyl (C=O) groups excluding carboxylic acids is 1. The van der Waals surface area contributed by atoms with Crippen molar-refractivity contribution in [2.75, 3.05) is 14.2 Å². The summed E-state index contributed by atoms with van der Waals surface area (Å²) in [4.78, 5) is 17.0. The molecule has 1 heterocycles. The summed E-state index contributed by atoms with van der Waals surface area (Å²) >= 11 is 0. The Morgan fingerprint density at radius 1 is 1.12 bits per heavy atom. The van der Waals surface area contributed by atoms with Crippen LogP contribution in [0.5, 0.6) is 11.5 Å². The molecule has 1 N–H and O–H groups in total. The van der Waals surface area contributed by atoms with E-state index in [4.69, 9.17) is 9.47 Å². The molecule has 0 fully saturated rings. The maximum Gasteiger partial charge on any atom is 0.255 e. The monoisotopic (exact) mass is 351 g/mol. The quantitative estimate of drug-likeness (QED) is 0.710. The lowest BCUT2D eigenvalue weighted by Gasteiger charge is -2.21. The second-order valence-electron chi connectivity index (χ2n) is 5.74. The number of ether oxygens (including phenoxy) is 2. The van der Waals surface area contributed by atoms with Crippen molar-refractivity contribution in [3.8, 4) is 11.5 Å². The van der Waals surface area contributed by atoms with Crippen LogP contribution in [0.1, 0.15) is 22.0 Å². The summed E-state index contributed by atoms with van der Waals surface area (Å²) in [6, 6.07) is 14.9. The van der Waals surface area contributed by atoms with Crippen molar-refractivity contribution in [1.82, 2.24) is 14.9 Å². The summed E-state index contributed by atoms with van der Waals surface area (Å²) in [6.45, 7) is 0.571. The van der Waals surface area contributed by atoms with E-state index >= 15 is 0 Å². The zero-order valence-corrected chi connectivity index (χ0v) is 14.8. The second-order valence-corrected chi connectivity index (χ2v) is 5.74. The van der Waals surface area contributed by atoms with E-state index < -0.39 is 0 Å². The van der Waals surface area contributed by atoms with E-state index in [-0.39, 0.29) is 11.9 Å². The molecule has 0 aliphatic rings. The first-order valence-corrected chi connectivity index (χ1v) is 8.25. The molecule has 1 aromatic heterocycles. The Labute approximate surface area is 152 Å². The van der Waals surface area contributed by atoms with E-state index in [2.05, 4.69) is 10.3 Å². The Kier molecular flexibility index (Phi) is 5.53. The zero-order valence-electron chi connectivity index (χ0n) is 14.8. The molecule has 26 heavy (non-hydrogen) atoms. The highest BCUT2D eigenvalue weighted by Crippen LogP contribution is 2.31. The first-order valence-electron chi connectivity index (χ1n) is 8.25. The van der Waals surface area contributed by atoms with Gasteiger partial charge in [0.2, 0.25) is 0 Å². The molecule has 0 saturated heterocycles. The van der Waals surface area contributed by atoms with Crippen molar-refractivity contribution < 1.29 is 14.3 Å². The number of rotatable bonds is 7.